The van der Waals surface area contributed by atoms with E-state index >= 15 is 0 Å². The highest BCUT2D eigenvalue weighted by atomic mass is 32.1. The number of carbonyl (C=O) groups excluding carboxylic acids is 1. The minimum absolute atomic E-state index is 0.0487. The van der Waals surface area contributed by atoms with Crippen molar-refractivity contribution in [3.63, 3.8) is 0 Å². The van der Waals surface area contributed by atoms with Crippen molar-refractivity contribution in [2.24, 2.45) is 0 Å². The summed E-state index contributed by atoms with van der Waals surface area (Å²) in [7, 11) is 0. The number of rotatable bonds is 3. The van der Waals surface area contributed by atoms with Crippen molar-refractivity contribution in [1.29, 1.82) is 0 Å². The Morgan fingerprint density at radius 1 is 1.47 bits per heavy atom. The van der Waals surface area contributed by atoms with E-state index in [2.05, 4.69) is 26.2 Å². The second kappa shape index (κ2) is 5.45. The van der Waals surface area contributed by atoms with Gasteiger partial charge in [-0.3, -0.25) is 4.79 Å². The van der Waals surface area contributed by atoms with Crippen LogP contribution in [0.25, 0.3) is 5.69 Å². The second-order valence-electron chi connectivity index (χ2n) is 4.39. The van der Waals surface area contributed by atoms with Gasteiger partial charge in [0.2, 0.25) is 0 Å². The van der Waals surface area contributed by atoms with E-state index < -0.39 is 0 Å². The lowest BCUT2D eigenvalue weighted by Crippen LogP contribution is -2.42. The van der Waals surface area contributed by atoms with Gasteiger partial charge in [-0.05, 0) is 47.8 Å². The van der Waals surface area contributed by atoms with Crippen LogP contribution in [0.2, 0.25) is 0 Å². The summed E-state index contributed by atoms with van der Waals surface area (Å²) in [6.07, 6.45) is 3.43. The van der Waals surface area contributed by atoms with E-state index in [0.29, 0.717) is 4.88 Å². The monoisotopic (exact) mass is 278 g/mol. The first kappa shape index (κ1) is 12.2. The predicted octanol–water partition coefficient (Wildman–Crippen LogP) is 0.206. The maximum absolute atomic E-state index is 12.3. The average Bonchev–Trinajstić information content (AvgIpc) is 3.10. The van der Waals surface area contributed by atoms with E-state index in [-0.39, 0.29) is 11.9 Å². The fourth-order valence-electron chi connectivity index (χ4n) is 2.14. The summed E-state index contributed by atoms with van der Waals surface area (Å²) in [5.74, 6) is -0.0487. The van der Waals surface area contributed by atoms with E-state index in [9.17, 15) is 4.79 Å². The number of thiophene rings is 1. The molecule has 1 saturated heterocycles. The number of hydrogen-bond acceptors (Lipinski definition) is 6. The Morgan fingerprint density at radius 3 is 3.05 bits per heavy atom. The van der Waals surface area contributed by atoms with E-state index in [0.717, 1.165) is 31.6 Å². The molecule has 8 heteroatoms. The van der Waals surface area contributed by atoms with Crippen LogP contribution < -0.4 is 10.6 Å². The van der Waals surface area contributed by atoms with Crippen LogP contribution in [-0.4, -0.2) is 45.2 Å². The summed E-state index contributed by atoms with van der Waals surface area (Å²) in [6, 6.07) is 2.09. The molecular formula is C11H14N6OS. The van der Waals surface area contributed by atoms with Gasteiger partial charge in [-0.2, -0.15) is 4.68 Å². The summed E-state index contributed by atoms with van der Waals surface area (Å²) in [6.45, 7) is 1.91. The van der Waals surface area contributed by atoms with Crippen molar-refractivity contribution in [1.82, 2.24) is 30.8 Å². The van der Waals surface area contributed by atoms with Gasteiger partial charge in [-0.1, -0.05) is 0 Å². The molecule has 0 aliphatic carbocycles. The van der Waals surface area contributed by atoms with Crippen LogP contribution in [0.15, 0.2) is 17.8 Å². The van der Waals surface area contributed by atoms with Gasteiger partial charge in [0.05, 0.1) is 5.69 Å². The molecule has 0 aromatic carbocycles. The lowest BCUT2D eigenvalue weighted by atomic mass is 10.1. The van der Waals surface area contributed by atoms with E-state index in [4.69, 9.17) is 0 Å². The quantitative estimate of drug-likeness (QED) is 0.838. The molecular weight excluding hydrogens is 264 g/mol. The molecule has 19 heavy (non-hydrogen) atoms. The van der Waals surface area contributed by atoms with Crippen LogP contribution in [0.3, 0.4) is 0 Å². The second-order valence-corrected chi connectivity index (χ2v) is 5.30. The fourth-order valence-corrected chi connectivity index (χ4v) is 2.92. The highest BCUT2D eigenvalue weighted by molar-refractivity contribution is 7.12. The highest BCUT2D eigenvalue weighted by Crippen LogP contribution is 2.20. The molecule has 0 saturated carbocycles. The summed E-state index contributed by atoms with van der Waals surface area (Å²) < 4.78 is 1.51. The van der Waals surface area contributed by atoms with Gasteiger partial charge in [0.25, 0.3) is 5.91 Å². The van der Waals surface area contributed by atoms with Crippen LogP contribution in [0.1, 0.15) is 22.5 Å². The summed E-state index contributed by atoms with van der Waals surface area (Å²) in [4.78, 5) is 12.9. The highest BCUT2D eigenvalue weighted by Gasteiger charge is 2.20. The van der Waals surface area contributed by atoms with Gasteiger partial charge in [-0.15, -0.1) is 16.4 Å². The SMILES string of the molecule is O=C(NC1CCNCC1)c1sccc1-n1cnnn1. The smallest absolute Gasteiger partial charge is 0.263 e. The molecule has 1 aliphatic heterocycles. The Hall–Kier alpha value is -1.80. The molecule has 2 aromatic rings. The first-order valence-electron chi connectivity index (χ1n) is 6.17. The molecule has 1 amide bonds. The van der Waals surface area contributed by atoms with Crippen LogP contribution in [0.4, 0.5) is 0 Å². The Morgan fingerprint density at radius 2 is 2.32 bits per heavy atom. The van der Waals surface area contributed by atoms with Gasteiger partial charge in [-0.25, -0.2) is 0 Å². The van der Waals surface area contributed by atoms with Crippen LogP contribution in [0.5, 0.6) is 0 Å². The number of nitrogens with zero attached hydrogens (tertiary/aromatic N) is 4. The molecule has 0 unspecified atom stereocenters. The maximum Gasteiger partial charge on any atom is 0.263 e. The van der Waals surface area contributed by atoms with Gasteiger partial charge in [0, 0.05) is 6.04 Å². The molecule has 100 valence electrons. The Labute approximate surface area is 114 Å². The molecule has 2 N–H and O–H groups in total. The summed E-state index contributed by atoms with van der Waals surface area (Å²) >= 11 is 1.40. The number of piperidine rings is 1. The lowest BCUT2D eigenvalue weighted by molar-refractivity contribution is 0.0933. The van der Waals surface area contributed by atoms with Crippen molar-refractivity contribution in [3.05, 3.63) is 22.7 Å². The first-order chi connectivity index (χ1) is 9.34. The Kier molecular flexibility index (Phi) is 3.51. The zero-order valence-corrected chi connectivity index (χ0v) is 11.1. The lowest BCUT2D eigenvalue weighted by Gasteiger charge is -2.23. The number of tetrazole rings is 1. The average molecular weight is 278 g/mol. The minimum Gasteiger partial charge on any atom is -0.348 e. The third-order valence-electron chi connectivity index (χ3n) is 3.12. The number of carbonyl (C=O) groups is 1. The molecule has 2 aromatic heterocycles. The van der Waals surface area contributed by atoms with Crippen LogP contribution >= 0.6 is 11.3 Å². The van der Waals surface area contributed by atoms with Crippen LogP contribution in [0, 0.1) is 0 Å². The third kappa shape index (κ3) is 2.64. The Balaban J connectivity index is 1.75. The van der Waals surface area contributed by atoms with Crippen molar-refractivity contribution in [2.45, 2.75) is 18.9 Å². The molecule has 7 nitrogen and oxygen atoms in total. The molecule has 0 atom stereocenters. The minimum atomic E-state index is -0.0487. The van der Waals surface area contributed by atoms with E-state index in [1.54, 1.807) is 0 Å². The standard InChI is InChI=1S/C11H14N6OS/c18-11(14-8-1-4-12-5-2-8)10-9(3-6-19-10)17-7-13-15-16-17/h3,6-8,12H,1-2,4-5H2,(H,14,18). The fraction of sp³-hybridized carbons (Fsp3) is 0.455. The molecule has 1 fully saturated rings. The molecule has 3 heterocycles. The Bertz CT molecular complexity index is 545. The predicted molar refractivity (Wildman–Crippen MR) is 70.4 cm³/mol. The number of amides is 1. The van der Waals surface area contributed by atoms with E-state index in [1.165, 1.54) is 22.3 Å². The maximum atomic E-state index is 12.3. The normalized spacial score (nSPS) is 16.4. The van der Waals surface area contributed by atoms with Crippen molar-refractivity contribution in [2.75, 3.05) is 13.1 Å². The van der Waals surface area contributed by atoms with Crippen molar-refractivity contribution in [3.8, 4) is 5.69 Å². The molecule has 0 spiro atoms. The largest absolute Gasteiger partial charge is 0.348 e. The topological polar surface area (TPSA) is 84.7 Å². The summed E-state index contributed by atoms with van der Waals surface area (Å²) in [5.41, 5.74) is 0.724. The van der Waals surface area contributed by atoms with Gasteiger partial charge < -0.3 is 10.6 Å². The van der Waals surface area contributed by atoms with Crippen LogP contribution in [-0.2, 0) is 0 Å². The summed E-state index contributed by atoms with van der Waals surface area (Å²) in [5, 5.41) is 19.2. The molecule has 3 rings (SSSR count). The number of hydrogen-bond donors (Lipinski definition) is 2. The van der Waals surface area contributed by atoms with Gasteiger partial charge in [0.1, 0.15) is 11.2 Å². The molecule has 0 bridgehead atoms. The zero-order chi connectivity index (χ0) is 13.1. The first-order valence-corrected chi connectivity index (χ1v) is 7.05. The number of nitrogens with one attached hydrogen (secondary N) is 2. The van der Waals surface area contributed by atoms with Gasteiger partial charge in [0.15, 0.2) is 0 Å². The zero-order valence-electron chi connectivity index (χ0n) is 10.2. The number of aromatic nitrogens is 4. The third-order valence-corrected chi connectivity index (χ3v) is 4.02. The van der Waals surface area contributed by atoms with E-state index in [1.807, 2.05) is 11.4 Å². The molecule has 1 aliphatic rings. The van der Waals surface area contributed by atoms with Gasteiger partial charge >= 0.3 is 0 Å². The van der Waals surface area contributed by atoms with Crippen molar-refractivity contribution >= 4 is 17.2 Å². The molecule has 0 radical (unpaired) electrons. The van der Waals surface area contributed by atoms with Crippen molar-refractivity contribution < 1.29 is 4.79 Å².